The summed E-state index contributed by atoms with van der Waals surface area (Å²) in [4.78, 5) is 9.49. The van der Waals surface area contributed by atoms with Crippen LogP contribution in [-0.2, 0) is 6.42 Å². The lowest BCUT2D eigenvalue weighted by Gasteiger charge is -2.21. The molecule has 2 aliphatic heterocycles. The quantitative estimate of drug-likeness (QED) is 0.556. The third-order valence-corrected chi connectivity index (χ3v) is 6.40. The van der Waals surface area contributed by atoms with Crippen molar-refractivity contribution < 1.29 is 4.42 Å². The number of benzene rings is 2. The van der Waals surface area contributed by atoms with Gasteiger partial charge in [0, 0.05) is 35.4 Å². The fraction of sp³-hybridized carbons (Fsp3) is 0.320. The van der Waals surface area contributed by atoms with Crippen molar-refractivity contribution in [3.63, 3.8) is 0 Å². The van der Waals surface area contributed by atoms with Crippen molar-refractivity contribution in [3.8, 4) is 11.5 Å². The first-order valence-corrected chi connectivity index (χ1v) is 11.3. The van der Waals surface area contributed by atoms with Crippen LogP contribution in [-0.4, -0.2) is 60.1 Å². The number of rotatable bonds is 6. The van der Waals surface area contributed by atoms with Crippen LogP contribution in [0.2, 0.25) is 5.02 Å². The lowest BCUT2D eigenvalue weighted by Crippen LogP contribution is -2.31. The highest BCUT2D eigenvalue weighted by Gasteiger charge is 2.24. The summed E-state index contributed by atoms with van der Waals surface area (Å²) < 4.78 is 5.94. The molecule has 3 heterocycles. The molecule has 2 unspecified atom stereocenters. The predicted molar refractivity (Wildman–Crippen MR) is 129 cm³/mol. The largest absolute Gasteiger partial charge is 0.421 e. The van der Waals surface area contributed by atoms with Gasteiger partial charge in [0.05, 0.1) is 18.2 Å². The fourth-order valence-electron chi connectivity index (χ4n) is 4.22. The summed E-state index contributed by atoms with van der Waals surface area (Å²) in [6.45, 7) is 2.14. The van der Waals surface area contributed by atoms with Gasteiger partial charge in [-0.2, -0.15) is 0 Å². The summed E-state index contributed by atoms with van der Waals surface area (Å²) in [6, 6.07) is 16.7. The average Bonchev–Trinajstić information content (AvgIpc) is 3.56. The summed E-state index contributed by atoms with van der Waals surface area (Å²) in [6.07, 6.45) is 5.88. The number of aromatic nitrogens is 2. The van der Waals surface area contributed by atoms with Gasteiger partial charge in [-0.05, 0) is 68.6 Å². The first kappa shape index (κ1) is 20.9. The monoisotopic (exact) mass is 447 g/mol. The van der Waals surface area contributed by atoms with E-state index in [0.717, 1.165) is 35.0 Å². The lowest BCUT2D eigenvalue weighted by atomic mass is 10.1. The van der Waals surface area contributed by atoms with E-state index in [-0.39, 0.29) is 6.04 Å². The molecular weight excluding hydrogens is 422 g/mol. The minimum atomic E-state index is -0.00355. The Balaban J connectivity index is 1.23. The third kappa shape index (κ3) is 4.47. The molecule has 1 saturated heterocycles. The Hall–Kier alpha value is -2.96. The molecule has 0 aliphatic carbocycles. The number of hydrogen-bond donors (Lipinski definition) is 0. The van der Waals surface area contributed by atoms with Crippen LogP contribution in [0.1, 0.15) is 17.9 Å². The van der Waals surface area contributed by atoms with E-state index in [4.69, 9.17) is 21.0 Å². The molecule has 3 aromatic rings. The van der Waals surface area contributed by atoms with E-state index in [0.29, 0.717) is 24.2 Å². The SMILES string of the molecule is CN(C)C1CCN(c2ccc(-c3nnc(CC4C=CC(c5ccc(Cl)cc5)=N4)o3)cc2)C1. The fourth-order valence-corrected chi connectivity index (χ4v) is 4.34. The van der Waals surface area contributed by atoms with Crippen molar-refractivity contribution in [2.24, 2.45) is 4.99 Å². The van der Waals surface area contributed by atoms with Crippen molar-refractivity contribution in [1.29, 1.82) is 0 Å². The minimum Gasteiger partial charge on any atom is -0.421 e. The van der Waals surface area contributed by atoms with Crippen LogP contribution >= 0.6 is 11.6 Å². The standard InChI is InChI=1S/C25H26ClN5O/c1-30(2)22-13-14-31(16-22)21-10-5-18(6-11-21)25-29-28-24(32-25)15-20-9-12-23(27-20)17-3-7-19(26)8-4-17/h3-12,20,22H,13-16H2,1-2H3. The third-order valence-electron chi connectivity index (χ3n) is 6.14. The normalized spacial score (nSPS) is 20.4. The molecule has 7 heteroatoms. The number of allylic oxidation sites excluding steroid dienone is 1. The molecule has 2 aliphatic rings. The molecule has 1 fully saturated rings. The van der Waals surface area contributed by atoms with Gasteiger partial charge in [-0.25, -0.2) is 0 Å². The van der Waals surface area contributed by atoms with E-state index in [1.807, 2.05) is 30.3 Å². The lowest BCUT2D eigenvalue weighted by molar-refractivity contribution is 0.315. The van der Waals surface area contributed by atoms with Crippen LogP contribution in [0.4, 0.5) is 5.69 Å². The van der Waals surface area contributed by atoms with Crippen molar-refractivity contribution in [2.45, 2.75) is 24.9 Å². The second-order valence-electron chi connectivity index (χ2n) is 8.55. The molecule has 5 rings (SSSR count). The molecule has 0 spiro atoms. The highest BCUT2D eigenvalue weighted by Crippen LogP contribution is 2.26. The molecule has 0 radical (unpaired) electrons. The number of halogens is 1. The smallest absolute Gasteiger partial charge is 0.247 e. The molecule has 2 atom stereocenters. The maximum atomic E-state index is 5.98. The first-order valence-electron chi connectivity index (χ1n) is 10.9. The molecule has 0 saturated carbocycles. The van der Waals surface area contributed by atoms with Gasteiger partial charge in [0.2, 0.25) is 11.8 Å². The second kappa shape index (κ2) is 8.88. The molecule has 2 aromatic carbocycles. The zero-order valence-corrected chi connectivity index (χ0v) is 19.0. The minimum absolute atomic E-state index is 0.00355. The zero-order chi connectivity index (χ0) is 22.1. The molecule has 164 valence electrons. The Morgan fingerprint density at radius 1 is 1.03 bits per heavy atom. The number of anilines is 1. The van der Waals surface area contributed by atoms with Crippen molar-refractivity contribution >= 4 is 23.0 Å². The Kier molecular flexibility index (Phi) is 5.81. The van der Waals surface area contributed by atoms with Crippen molar-refractivity contribution in [3.05, 3.63) is 77.2 Å². The highest BCUT2D eigenvalue weighted by atomic mass is 35.5. The molecule has 32 heavy (non-hydrogen) atoms. The van der Waals surface area contributed by atoms with Gasteiger partial charge >= 0.3 is 0 Å². The zero-order valence-electron chi connectivity index (χ0n) is 18.3. The van der Waals surface area contributed by atoms with Crippen molar-refractivity contribution in [1.82, 2.24) is 15.1 Å². The van der Waals surface area contributed by atoms with E-state index < -0.39 is 0 Å². The van der Waals surface area contributed by atoms with Crippen molar-refractivity contribution in [2.75, 3.05) is 32.1 Å². The van der Waals surface area contributed by atoms with Gasteiger partial charge in [-0.3, -0.25) is 4.99 Å². The summed E-state index contributed by atoms with van der Waals surface area (Å²) in [5.74, 6) is 1.14. The van der Waals surface area contributed by atoms with Crippen LogP contribution < -0.4 is 4.90 Å². The Bertz CT molecular complexity index is 1130. The summed E-state index contributed by atoms with van der Waals surface area (Å²) in [5.41, 5.74) is 4.16. The Morgan fingerprint density at radius 3 is 2.50 bits per heavy atom. The van der Waals surface area contributed by atoms with Gasteiger partial charge < -0.3 is 14.2 Å². The molecule has 6 nitrogen and oxygen atoms in total. The van der Waals surface area contributed by atoms with E-state index in [9.17, 15) is 0 Å². The van der Waals surface area contributed by atoms with E-state index in [1.165, 1.54) is 12.1 Å². The molecule has 0 amide bonds. The van der Waals surface area contributed by atoms with Gasteiger partial charge in [-0.1, -0.05) is 29.8 Å². The summed E-state index contributed by atoms with van der Waals surface area (Å²) in [7, 11) is 4.30. The molecule has 1 aromatic heterocycles. The number of hydrogen-bond acceptors (Lipinski definition) is 6. The number of aliphatic imine (C=N–C) groups is 1. The van der Waals surface area contributed by atoms with Gasteiger partial charge in [0.15, 0.2) is 0 Å². The van der Waals surface area contributed by atoms with Crippen LogP contribution in [0.25, 0.3) is 11.5 Å². The summed E-state index contributed by atoms with van der Waals surface area (Å²) in [5, 5.41) is 9.22. The van der Waals surface area contributed by atoms with E-state index >= 15 is 0 Å². The number of nitrogens with zero attached hydrogens (tertiary/aromatic N) is 5. The van der Waals surface area contributed by atoms with Gasteiger partial charge in [0.1, 0.15) is 0 Å². The van der Waals surface area contributed by atoms with E-state index in [2.05, 4.69) is 64.4 Å². The molecular formula is C25H26ClN5O. The van der Waals surface area contributed by atoms with Crippen LogP contribution in [0.5, 0.6) is 0 Å². The Morgan fingerprint density at radius 2 is 1.78 bits per heavy atom. The Labute approximate surface area is 193 Å². The second-order valence-corrected chi connectivity index (χ2v) is 8.99. The molecule has 0 bridgehead atoms. The van der Waals surface area contributed by atoms with Crippen LogP contribution in [0, 0.1) is 0 Å². The average molecular weight is 448 g/mol. The predicted octanol–water partition coefficient (Wildman–Crippen LogP) is 4.50. The topological polar surface area (TPSA) is 57.8 Å². The van der Waals surface area contributed by atoms with Gasteiger partial charge in [0.25, 0.3) is 0 Å². The first-order chi connectivity index (χ1) is 15.5. The van der Waals surface area contributed by atoms with E-state index in [1.54, 1.807) is 0 Å². The van der Waals surface area contributed by atoms with Crippen LogP contribution in [0.15, 0.2) is 70.1 Å². The maximum Gasteiger partial charge on any atom is 0.247 e. The number of likely N-dealkylation sites (N-methyl/N-ethyl adjacent to an activating group) is 1. The summed E-state index contributed by atoms with van der Waals surface area (Å²) >= 11 is 5.98. The van der Waals surface area contributed by atoms with Crippen LogP contribution in [0.3, 0.4) is 0 Å². The highest BCUT2D eigenvalue weighted by molar-refractivity contribution is 6.30. The molecule has 0 N–H and O–H groups in total. The van der Waals surface area contributed by atoms with Gasteiger partial charge in [-0.15, -0.1) is 10.2 Å². The maximum absolute atomic E-state index is 5.98.